The maximum atomic E-state index is 4.79. The van der Waals surface area contributed by atoms with Gasteiger partial charge in [0.2, 0.25) is 5.78 Å². The summed E-state index contributed by atoms with van der Waals surface area (Å²) < 4.78 is 2.19. The molecule has 3 rings (SSSR count). The predicted octanol–water partition coefficient (Wildman–Crippen LogP) is 4.21. The smallest absolute Gasteiger partial charge is 0.236 e. The number of aryl methyl sites for hydroxylation is 2. The molecule has 2 aromatic heterocycles. The van der Waals surface area contributed by atoms with E-state index in [9.17, 15) is 0 Å². The monoisotopic (exact) mass is 286 g/mol. The van der Waals surface area contributed by atoms with Crippen molar-refractivity contribution in [1.29, 1.82) is 0 Å². The van der Waals surface area contributed by atoms with Gasteiger partial charge in [0.25, 0.3) is 0 Å². The van der Waals surface area contributed by atoms with Crippen molar-refractivity contribution in [2.75, 3.05) is 5.32 Å². The highest BCUT2D eigenvalue weighted by Crippen LogP contribution is 2.29. The molecule has 0 bridgehead atoms. The van der Waals surface area contributed by atoms with Crippen molar-refractivity contribution >= 4 is 11.6 Å². The van der Waals surface area contributed by atoms with Crippen molar-refractivity contribution in [1.82, 2.24) is 14.4 Å². The molecule has 2 heterocycles. The largest absolute Gasteiger partial charge is 0.367 e. The van der Waals surface area contributed by atoms with E-state index in [2.05, 4.69) is 41.5 Å². The first-order valence-electron chi connectivity index (χ1n) is 8.19. The van der Waals surface area contributed by atoms with Crippen LogP contribution in [0.4, 0.5) is 5.82 Å². The second-order valence-corrected chi connectivity index (χ2v) is 6.65. The Morgan fingerprint density at radius 2 is 1.86 bits per heavy atom. The first-order chi connectivity index (χ1) is 10.1. The van der Waals surface area contributed by atoms with Gasteiger partial charge in [-0.3, -0.25) is 4.40 Å². The molecule has 114 valence electrons. The number of nitrogens with zero attached hydrogens (tertiary/aromatic N) is 3. The topological polar surface area (TPSA) is 42.2 Å². The molecule has 1 fully saturated rings. The standard InChI is InChI=1S/C17H26N4/c1-11(2)15-16(19-14-8-6-5-7-9-14)21-13(4)10-12(3)18-17(21)20-15/h10-11,14,19H,5-9H2,1-4H3. The van der Waals surface area contributed by atoms with E-state index in [0.717, 1.165) is 23.0 Å². The summed E-state index contributed by atoms with van der Waals surface area (Å²) in [6, 6.07) is 2.71. The molecule has 0 aliphatic heterocycles. The van der Waals surface area contributed by atoms with Crippen LogP contribution in [0.1, 0.15) is 69.0 Å². The fourth-order valence-electron chi connectivity index (χ4n) is 3.37. The fraction of sp³-hybridized carbons (Fsp3) is 0.647. The first-order valence-corrected chi connectivity index (χ1v) is 8.19. The Hall–Kier alpha value is -1.58. The molecule has 2 aromatic rings. The number of rotatable bonds is 3. The van der Waals surface area contributed by atoms with Crippen LogP contribution in [0.15, 0.2) is 6.07 Å². The van der Waals surface area contributed by atoms with Crippen molar-refractivity contribution in [3.63, 3.8) is 0 Å². The Kier molecular flexibility index (Phi) is 3.87. The number of imidazole rings is 1. The zero-order valence-corrected chi connectivity index (χ0v) is 13.6. The predicted molar refractivity (Wildman–Crippen MR) is 87.0 cm³/mol. The second kappa shape index (κ2) is 5.66. The highest BCUT2D eigenvalue weighted by Gasteiger charge is 2.21. The molecule has 1 N–H and O–H groups in total. The summed E-state index contributed by atoms with van der Waals surface area (Å²) in [5.74, 6) is 2.39. The summed E-state index contributed by atoms with van der Waals surface area (Å²) in [4.78, 5) is 9.39. The van der Waals surface area contributed by atoms with Gasteiger partial charge in [0.1, 0.15) is 5.82 Å². The lowest BCUT2D eigenvalue weighted by Crippen LogP contribution is -2.24. The summed E-state index contributed by atoms with van der Waals surface area (Å²) in [6.45, 7) is 8.58. The molecule has 0 amide bonds. The van der Waals surface area contributed by atoms with E-state index in [0.29, 0.717) is 12.0 Å². The number of hydrogen-bond acceptors (Lipinski definition) is 3. The average Bonchev–Trinajstić information content (AvgIpc) is 2.79. The van der Waals surface area contributed by atoms with E-state index in [1.807, 2.05) is 6.92 Å². The van der Waals surface area contributed by atoms with Crippen LogP contribution < -0.4 is 5.32 Å². The highest BCUT2D eigenvalue weighted by atomic mass is 15.2. The van der Waals surface area contributed by atoms with E-state index in [-0.39, 0.29) is 0 Å². The van der Waals surface area contributed by atoms with Gasteiger partial charge in [-0.25, -0.2) is 9.97 Å². The van der Waals surface area contributed by atoms with Crippen LogP contribution in [0.25, 0.3) is 5.78 Å². The molecule has 21 heavy (non-hydrogen) atoms. The number of hydrogen-bond donors (Lipinski definition) is 1. The highest BCUT2D eigenvalue weighted by molar-refractivity contribution is 5.55. The molecule has 0 unspecified atom stereocenters. The van der Waals surface area contributed by atoms with Gasteiger partial charge in [0.15, 0.2) is 0 Å². The van der Waals surface area contributed by atoms with E-state index in [1.54, 1.807) is 0 Å². The Bertz CT molecular complexity index is 636. The van der Waals surface area contributed by atoms with E-state index >= 15 is 0 Å². The SMILES string of the molecule is Cc1cc(C)n2c(NC3CCCCC3)c(C(C)C)nc2n1. The summed E-state index contributed by atoms with van der Waals surface area (Å²) in [7, 11) is 0. The van der Waals surface area contributed by atoms with Crippen LogP contribution in [0, 0.1) is 13.8 Å². The molecule has 4 nitrogen and oxygen atoms in total. The normalized spacial score (nSPS) is 16.8. The lowest BCUT2D eigenvalue weighted by atomic mass is 9.95. The maximum Gasteiger partial charge on any atom is 0.236 e. The van der Waals surface area contributed by atoms with Gasteiger partial charge in [-0.15, -0.1) is 0 Å². The zero-order chi connectivity index (χ0) is 15.0. The lowest BCUT2D eigenvalue weighted by molar-refractivity contribution is 0.461. The maximum absolute atomic E-state index is 4.79. The lowest BCUT2D eigenvalue weighted by Gasteiger charge is -2.24. The van der Waals surface area contributed by atoms with Crippen LogP contribution in [-0.4, -0.2) is 20.4 Å². The van der Waals surface area contributed by atoms with Crippen molar-refractivity contribution in [3.05, 3.63) is 23.1 Å². The van der Waals surface area contributed by atoms with Gasteiger partial charge in [0, 0.05) is 17.4 Å². The second-order valence-electron chi connectivity index (χ2n) is 6.65. The van der Waals surface area contributed by atoms with Crippen molar-refractivity contribution < 1.29 is 0 Å². The first kappa shape index (κ1) is 14.4. The third kappa shape index (κ3) is 2.76. The quantitative estimate of drug-likeness (QED) is 0.919. The van der Waals surface area contributed by atoms with E-state index in [4.69, 9.17) is 4.98 Å². The molecule has 4 heteroatoms. The minimum absolute atomic E-state index is 0.400. The Morgan fingerprint density at radius 3 is 2.52 bits per heavy atom. The number of nitrogens with one attached hydrogen (secondary N) is 1. The zero-order valence-electron chi connectivity index (χ0n) is 13.6. The van der Waals surface area contributed by atoms with Crippen LogP contribution in [0.2, 0.25) is 0 Å². The molecule has 0 spiro atoms. The Balaban J connectivity index is 2.06. The third-order valence-electron chi connectivity index (χ3n) is 4.43. The fourth-order valence-corrected chi connectivity index (χ4v) is 3.37. The minimum atomic E-state index is 0.400. The summed E-state index contributed by atoms with van der Waals surface area (Å²) in [6.07, 6.45) is 6.58. The molecule has 1 saturated carbocycles. The third-order valence-corrected chi connectivity index (χ3v) is 4.43. The molecular weight excluding hydrogens is 260 g/mol. The molecular formula is C17H26N4. The number of fused-ring (bicyclic) bond motifs is 1. The molecule has 0 aromatic carbocycles. The van der Waals surface area contributed by atoms with Crippen molar-refractivity contribution in [2.45, 2.75) is 71.8 Å². The van der Waals surface area contributed by atoms with Crippen LogP contribution in [0.3, 0.4) is 0 Å². The molecule has 0 radical (unpaired) electrons. The van der Waals surface area contributed by atoms with Gasteiger partial charge in [-0.05, 0) is 38.7 Å². The van der Waals surface area contributed by atoms with Gasteiger partial charge in [0.05, 0.1) is 5.69 Å². The summed E-state index contributed by atoms with van der Waals surface area (Å²) >= 11 is 0. The van der Waals surface area contributed by atoms with Crippen molar-refractivity contribution in [3.8, 4) is 0 Å². The Labute approximate surface area is 127 Å². The number of aromatic nitrogens is 3. The van der Waals surface area contributed by atoms with Gasteiger partial charge in [-0.2, -0.15) is 0 Å². The molecule has 0 saturated heterocycles. The summed E-state index contributed by atoms with van der Waals surface area (Å²) in [5.41, 5.74) is 3.38. The van der Waals surface area contributed by atoms with Crippen molar-refractivity contribution in [2.24, 2.45) is 0 Å². The van der Waals surface area contributed by atoms with Gasteiger partial charge in [-0.1, -0.05) is 33.1 Å². The van der Waals surface area contributed by atoms with E-state index < -0.39 is 0 Å². The van der Waals surface area contributed by atoms with Gasteiger partial charge < -0.3 is 5.32 Å². The molecule has 1 aliphatic carbocycles. The Morgan fingerprint density at radius 1 is 1.14 bits per heavy atom. The van der Waals surface area contributed by atoms with E-state index in [1.165, 1.54) is 37.8 Å². The number of anilines is 1. The van der Waals surface area contributed by atoms with Gasteiger partial charge >= 0.3 is 0 Å². The molecule has 1 aliphatic rings. The average molecular weight is 286 g/mol. The van der Waals surface area contributed by atoms with Crippen LogP contribution >= 0.6 is 0 Å². The summed E-state index contributed by atoms with van der Waals surface area (Å²) in [5, 5.41) is 3.77. The van der Waals surface area contributed by atoms with Crippen LogP contribution in [-0.2, 0) is 0 Å². The molecule has 0 atom stereocenters. The van der Waals surface area contributed by atoms with Crippen LogP contribution in [0.5, 0.6) is 0 Å². The minimum Gasteiger partial charge on any atom is -0.367 e.